The molecule has 0 bridgehead atoms. The summed E-state index contributed by atoms with van der Waals surface area (Å²) in [6.07, 6.45) is 0. The SMILES string of the molecule is Cc1ccc(N)c(S(=O)(=O)NCc2ccccc2)c1C. The number of nitrogens with two attached hydrogens (primary N) is 1. The molecule has 3 N–H and O–H groups in total. The lowest BCUT2D eigenvalue weighted by Crippen LogP contribution is -2.25. The van der Waals surface area contributed by atoms with Crippen molar-refractivity contribution in [2.75, 3.05) is 5.73 Å². The van der Waals surface area contributed by atoms with Crippen molar-refractivity contribution in [3.63, 3.8) is 0 Å². The number of sulfonamides is 1. The van der Waals surface area contributed by atoms with Gasteiger partial charge < -0.3 is 5.73 Å². The molecule has 0 saturated heterocycles. The second-order valence-corrected chi connectivity index (χ2v) is 6.44. The zero-order valence-electron chi connectivity index (χ0n) is 11.6. The van der Waals surface area contributed by atoms with Gasteiger partial charge in [-0.25, -0.2) is 13.1 Å². The molecule has 0 aliphatic rings. The summed E-state index contributed by atoms with van der Waals surface area (Å²) in [6.45, 7) is 3.88. The van der Waals surface area contributed by atoms with Gasteiger partial charge in [0.2, 0.25) is 10.0 Å². The van der Waals surface area contributed by atoms with Crippen molar-refractivity contribution in [2.45, 2.75) is 25.3 Å². The summed E-state index contributed by atoms with van der Waals surface area (Å²) in [5.41, 5.74) is 8.59. The maximum absolute atomic E-state index is 12.4. The first-order valence-corrected chi connectivity index (χ1v) is 7.79. The second-order valence-electron chi connectivity index (χ2n) is 4.74. The van der Waals surface area contributed by atoms with Crippen molar-refractivity contribution >= 4 is 15.7 Å². The van der Waals surface area contributed by atoms with Crippen LogP contribution in [0.25, 0.3) is 0 Å². The van der Waals surface area contributed by atoms with Crippen LogP contribution in [0, 0.1) is 13.8 Å². The molecule has 2 rings (SSSR count). The summed E-state index contributed by atoms with van der Waals surface area (Å²) in [5.74, 6) is 0. The van der Waals surface area contributed by atoms with Gasteiger partial charge in [-0.2, -0.15) is 0 Å². The minimum atomic E-state index is -3.62. The van der Waals surface area contributed by atoms with E-state index >= 15 is 0 Å². The highest BCUT2D eigenvalue weighted by Crippen LogP contribution is 2.25. The van der Waals surface area contributed by atoms with Crippen molar-refractivity contribution < 1.29 is 8.42 Å². The van der Waals surface area contributed by atoms with Gasteiger partial charge in [0.05, 0.1) is 5.69 Å². The topological polar surface area (TPSA) is 72.2 Å². The van der Waals surface area contributed by atoms with E-state index in [0.717, 1.165) is 11.1 Å². The summed E-state index contributed by atoms with van der Waals surface area (Å²) < 4.78 is 27.4. The Hall–Kier alpha value is -1.85. The van der Waals surface area contributed by atoms with Crippen LogP contribution >= 0.6 is 0 Å². The fraction of sp³-hybridized carbons (Fsp3) is 0.200. The average Bonchev–Trinajstić information content (AvgIpc) is 2.42. The van der Waals surface area contributed by atoms with Gasteiger partial charge in [0.15, 0.2) is 0 Å². The van der Waals surface area contributed by atoms with E-state index in [-0.39, 0.29) is 17.1 Å². The van der Waals surface area contributed by atoms with Crippen molar-refractivity contribution in [1.82, 2.24) is 4.72 Å². The molecular formula is C15H18N2O2S. The Kier molecular flexibility index (Phi) is 4.11. The first-order chi connectivity index (χ1) is 9.42. The largest absolute Gasteiger partial charge is 0.398 e. The van der Waals surface area contributed by atoms with Crippen LogP contribution in [-0.2, 0) is 16.6 Å². The molecule has 0 saturated carbocycles. The molecular weight excluding hydrogens is 272 g/mol. The van der Waals surface area contributed by atoms with Crippen LogP contribution < -0.4 is 10.5 Å². The van der Waals surface area contributed by atoms with E-state index in [4.69, 9.17) is 5.73 Å². The predicted octanol–water partition coefficient (Wildman–Crippen LogP) is 2.36. The standard InChI is InChI=1S/C15H18N2O2S/c1-11-8-9-14(16)15(12(11)2)20(18,19)17-10-13-6-4-3-5-7-13/h3-9,17H,10,16H2,1-2H3. The first-order valence-electron chi connectivity index (χ1n) is 6.31. The molecule has 0 atom stereocenters. The van der Waals surface area contributed by atoms with Gasteiger partial charge in [0.1, 0.15) is 4.90 Å². The second kappa shape index (κ2) is 5.64. The first kappa shape index (κ1) is 14.6. The van der Waals surface area contributed by atoms with Crippen LogP contribution in [0.4, 0.5) is 5.69 Å². The molecule has 0 heterocycles. The van der Waals surface area contributed by atoms with Gasteiger partial charge in [-0.1, -0.05) is 36.4 Å². The summed E-state index contributed by atoms with van der Waals surface area (Å²) in [4.78, 5) is 0.174. The Labute approximate surface area is 119 Å². The highest BCUT2D eigenvalue weighted by atomic mass is 32.2. The van der Waals surface area contributed by atoms with E-state index in [1.165, 1.54) is 0 Å². The van der Waals surface area contributed by atoms with Gasteiger partial charge >= 0.3 is 0 Å². The van der Waals surface area contributed by atoms with Crippen molar-refractivity contribution in [3.8, 4) is 0 Å². The maximum Gasteiger partial charge on any atom is 0.243 e. The van der Waals surface area contributed by atoms with Crippen LogP contribution in [0.5, 0.6) is 0 Å². The van der Waals surface area contributed by atoms with E-state index in [9.17, 15) is 8.42 Å². The highest BCUT2D eigenvalue weighted by Gasteiger charge is 2.20. The number of nitrogens with one attached hydrogen (secondary N) is 1. The lowest BCUT2D eigenvalue weighted by atomic mass is 10.1. The zero-order valence-corrected chi connectivity index (χ0v) is 12.4. The van der Waals surface area contributed by atoms with Gasteiger partial charge in [0, 0.05) is 6.54 Å². The fourth-order valence-corrected chi connectivity index (χ4v) is 3.46. The zero-order chi connectivity index (χ0) is 14.8. The van der Waals surface area contributed by atoms with Crippen LogP contribution in [0.3, 0.4) is 0 Å². The number of hydrogen-bond acceptors (Lipinski definition) is 3. The van der Waals surface area contributed by atoms with E-state index in [0.29, 0.717) is 5.56 Å². The van der Waals surface area contributed by atoms with Crippen molar-refractivity contribution in [3.05, 3.63) is 59.2 Å². The maximum atomic E-state index is 12.4. The molecule has 0 amide bonds. The number of rotatable bonds is 4. The Bertz CT molecular complexity index is 710. The fourth-order valence-electron chi connectivity index (χ4n) is 2.01. The number of hydrogen-bond donors (Lipinski definition) is 2. The summed E-state index contributed by atoms with van der Waals surface area (Å²) >= 11 is 0. The Morgan fingerprint density at radius 1 is 1.05 bits per heavy atom. The molecule has 0 aliphatic carbocycles. The smallest absolute Gasteiger partial charge is 0.243 e. The molecule has 5 heteroatoms. The molecule has 0 fully saturated rings. The minimum Gasteiger partial charge on any atom is -0.398 e. The van der Waals surface area contributed by atoms with Crippen LogP contribution in [0.1, 0.15) is 16.7 Å². The summed E-state index contributed by atoms with van der Waals surface area (Å²) in [7, 11) is -3.62. The molecule has 0 aliphatic heterocycles. The van der Waals surface area contributed by atoms with Gasteiger partial charge in [0.25, 0.3) is 0 Å². The Morgan fingerprint density at radius 3 is 2.35 bits per heavy atom. The van der Waals surface area contributed by atoms with Gasteiger partial charge in [-0.05, 0) is 36.6 Å². The third-order valence-corrected chi connectivity index (χ3v) is 4.89. The number of aryl methyl sites for hydroxylation is 1. The van der Waals surface area contributed by atoms with Gasteiger partial charge in [-0.15, -0.1) is 0 Å². The molecule has 0 unspecified atom stereocenters. The van der Waals surface area contributed by atoms with Crippen LogP contribution in [0.15, 0.2) is 47.4 Å². The highest BCUT2D eigenvalue weighted by molar-refractivity contribution is 7.89. The third kappa shape index (κ3) is 3.00. The molecule has 20 heavy (non-hydrogen) atoms. The summed E-state index contributed by atoms with van der Waals surface area (Å²) in [6, 6.07) is 12.8. The molecule has 4 nitrogen and oxygen atoms in total. The number of anilines is 1. The lowest BCUT2D eigenvalue weighted by Gasteiger charge is -2.13. The molecule has 2 aromatic rings. The van der Waals surface area contributed by atoms with Crippen molar-refractivity contribution in [1.29, 1.82) is 0 Å². The van der Waals surface area contributed by atoms with Gasteiger partial charge in [-0.3, -0.25) is 0 Å². The molecule has 0 aromatic heterocycles. The Balaban J connectivity index is 2.30. The molecule has 0 spiro atoms. The predicted molar refractivity (Wildman–Crippen MR) is 80.8 cm³/mol. The van der Waals surface area contributed by atoms with Crippen molar-refractivity contribution in [2.24, 2.45) is 0 Å². The van der Waals surface area contributed by atoms with Crippen LogP contribution in [-0.4, -0.2) is 8.42 Å². The molecule has 106 valence electrons. The van der Waals surface area contributed by atoms with E-state index in [1.54, 1.807) is 13.0 Å². The third-order valence-electron chi connectivity index (χ3n) is 3.29. The summed E-state index contributed by atoms with van der Waals surface area (Å²) in [5, 5.41) is 0. The Morgan fingerprint density at radius 2 is 1.70 bits per heavy atom. The number of nitrogen functional groups attached to an aromatic ring is 1. The molecule has 2 aromatic carbocycles. The number of benzene rings is 2. The normalized spacial score (nSPS) is 11.5. The van der Waals surface area contributed by atoms with E-state index in [2.05, 4.69) is 4.72 Å². The average molecular weight is 290 g/mol. The molecule has 0 radical (unpaired) electrons. The van der Waals surface area contributed by atoms with E-state index in [1.807, 2.05) is 43.3 Å². The lowest BCUT2D eigenvalue weighted by molar-refractivity contribution is 0.581. The minimum absolute atomic E-state index is 0.174. The van der Waals surface area contributed by atoms with E-state index < -0.39 is 10.0 Å². The monoisotopic (exact) mass is 290 g/mol. The quantitative estimate of drug-likeness (QED) is 0.849. The van der Waals surface area contributed by atoms with Crippen LogP contribution in [0.2, 0.25) is 0 Å².